The van der Waals surface area contributed by atoms with Crippen molar-refractivity contribution in [3.63, 3.8) is 0 Å². The minimum absolute atomic E-state index is 0. The van der Waals surface area contributed by atoms with E-state index in [2.05, 4.69) is 54.3 Å². The molecule has 0 saturated carbocycles. The van der Waals surface area contributed by atoms with Gasteiger partial charge in [0.15, 0.2) is 11.5 Å². The predicted octanol–water partition coefficient (Wildman–Crippen LogP) is 3.83. The summed E-state index contributed by atoms with van der Waals surface area (Å²) in [6.45, 7) is 5.58. The number of ether oxygens (including phenoxy) is 2. The fraction of sp³-hybridized carbons (Fsp3) is 0.429. The van der Waals surface area contributed by atoms with Crippen molar-refractivity contribution in [3.8, 4) is 11.5 Å². The summed E-state index contributed by atoms with van der Waals surface area (Å²) in [5.41, 5.74) is 8.97. The summed E-state index contributed by atoms with van der Waals surface area (Å²) in [6.07, 6.45) is 0.979. The Morgan fingerprint density at radius 1 is 1.08 bits per heavy atom. The van der Waals surface area contributed by atoms with E-state index in [9.17, 15) is 0 Å². The van der Waals surface area contributed by atoms with Crippen LogP contribution in [0.25, 0.3) is 0 Å². The fourth-order valence-corrected chi connectivity index (χ4v) is 3.50. The number of hydrogen-bond donors (Lipinski definition) is 1. The summed E-state index contributed by atoms with van der Waals surface area (Å²) < 4.78 is 11.2. The van der Waals surface area contributed by atoms with Gasteiger partial charge in [-0.25, -0.2) is 0 Å². The second kappa shape index (κ2) is 9.81. The highest BCUT2D eigenvalue weighted by molar-refractivity contribution is 5.85. The zero-order valence-corrected chi connectivity index (χ0v) is 16.4. The van der Waals surface area contributed by atoms with Crippen molar-refractivity contribution >= 4 is 12.4 Å². The van der Waals surface area contributed by atoms with Gasteiger partial charge in [0.1, 0.15) is 0 Å². The summed E-state index contributed by atoms with van der Waals surface area (Å²) in [7, 11) is 1.68. The third-order valence-corrected chi connectivity index (χ3v) is 4.76. The minimum atomic E-state index is 0. The molecule has 142 valence electrons. The number of halogens is 1. The molecule has 0 aliphatic carbocycles. The molecule has 1 aliphatic rings. The lowest BCUT2D eigenvalue weighted by molar-refractivity contribution is 0.291. The zero-order valence-electron chi connectivity index (χ0n) is 15.6. The highest BCUT2D eigenvalue weighted by Gasteiger charge is 2.31. The molecule has 2 aromatic carbocycles. The van der Waals surface area contributed by atoms with Crippen LogP contribution in [0.2, 0.25) is 0 Å². The van der Waals surface area contributed by atoms with E-state index in [-0.39, 0.29) is 18.4 Å². The SMILES string of the molecule is CCCOc1cc(CN2C[C@@H](N)[C@H](c3ccccc3)C2)ccc1OC.Cl. The minimum Gasteiger partial charge on any atom is -0.493 e. The van der Waals surface area contributed by atoms with Crippen LogP contribution in [-0.2, 0) is 6.54 Å². The molecule has 26 heavy (non-hydrogen) atoms. The summed E-state index contributed by atoms with van der Waals surface area (Å²) >= 11 is 0. The van der Waals surface area contributed by atoms with Gasteiger partial charge in [-0.15, -0.1) is 12.4 Å². The van der Waals surface area contributed by atoms with Crippen molar-refractivity contribution < 1.29 is 9.47 Å². The van der Waals surface area contributed by atoms with Crippen molar-refractivity contribution in [2.75, 3.05) is 26.8 Å². The van der Waals surface area contributed by atoms with Crippen LogP contribution >= 0.6 is 12.4 Å². The van der Waals surface area contributed by atoms with Gasteiger partial charge >= 0.3 is 0 Å². The molecular formula is C21H29ClN2O2. The Bertz CT molecular complexity index is 681. The Labute approximate surface area is 162 Å². The second-order valence-electron chi connectivity index (χ2n) is 6.71. The van der Waals surface area contributed by atoms with Crippen molar-refractivity contribution in [2.24, 2.45) is 5.73 Å². The molecule has 1 heterocycles. The molecule has 4 nitrogen and oxygen atoms in total. The van der Waals surface area contributed by atoms with E-state index in [1.165, 1.54) is 11.1 Å². The maximum absolute atomic E-state index is 6.41. The Morgan fingerprint density at radius 3 is 2.54 bits per heavy atom. The van der Waals surface area contributed by atoms with Crippen molar-refractivity contribution in [1.29, 1.82) is 0 Å². The lowest BCUT2D eigenvalue weighted by Gasteiger charge is -2.18. The first-order valence-electron chi connectivity index (χ1n) is 9.04. The van der Waals surface area contributed by atoms with Gasteiger partial charge in [-0.2, -0.15) is 0 Å². The number of hydrogen-bond acceptors (Lipinski definition) is 4. The molecule has 0 spiro atoms. The monoisotopic (exact) mass is 376 g/mol. The van der Waals surface area contributed by atoms with E-state index in [0.717, 1.165) is 37.6 Å². The van der Waals surface area contributed by atoms with E-state index < -0.39 is 0 Å². The molecule has 2 atom stereocenters. The molecule has 0 aromatic heterocycles. The molecule has 1 aliphatic heterocycles. The summed E-state index contributed by atoms with van der Waals surface area (Å²) in [4.78, 5) is 2.42. The largest absolute Gasteiger partial charge is 0.493 e. The number of benzene rings is 2. The van der Waals surface area contributed by atoms with Crippen LogP contribution in [0, 0.1) is 0 Å². The molecule has 2 N–H and O–H groups in total. The van der Waals surface area contributed by atoms with Crippen LogP contribution in [0.5, 0.6) is 11.5 Å². The molecule has 1 saturated heterocycles. The lowest BCUT2D eigenvalue weighted by Crippen LogP contribution is -2.28. The normalized spacial score (nSPS) is 19.8. The van der Waals surface area contributed by atoms with Gasteiger partial charge in [0.05, 0.1) is 13.7 Å². The Morgan fingerprint density at radius 2 is 1.85 bits per heavy atom. The molecule has 2 aromatic rings. The van der Waals surface area contributed by atoms with Crippen LogP contribution in [0.1, 0.15) is 30.4 Å². The first-order chi connectivity index (χ1) is 12.2. The average Bonchev–Trinajstić information content (AvgIpc) is 3.01. The van der Waals surface area contributed by atoms with Crippen LogP contribution in [0.15, 0.2) is 48.5 Å². The van der Waals surface area contributed by atoms with Crippen molar-refractivity contribution in [3.05, 3.63) is 59.7 Å². The molecular weight excluding hydrogens is 348 g/mol. The van der Waals surface area contributed by atoms with Gasteiger partial charge in [-0.3, -0.25) is 4.90 Å². The third-order valence-electron chi connectivity index (χ3n) is 4.76. The highest BCUT2D eigenvalue weighted by atomic mass is 35.5. The molecule has 5 heteroatoms. The molecule has 3 rings (SSSR count). The van der Waals surface area contributed by atoms with Crippen LogP contribution in [0.4, 0.5) is 0 Å². The maximum Gasteiger partial charge on any atom is 0.161 e. The molecule has 0 unspecified atom stereocenters. The van der Waals surface area contributed by atoms with Gasteiger partial charge in [0.25, 0.3) is 0 Å². The Hall–Kier alpha value is -1.75. The van der Waals surface area contributed by atoms with Crippen LogP contribution < -0.4 is 15.2 Å². The topological polar surface area (TPSA) is 47.7 Å². The number of rotatable bonds is 7. The van der Waals surface area contributed by atoms with E-state index in [0.29, 0.717) is 12.5 Å². The summed E-state index contributed by atoms with van der Waals surface area (Å²) in [6, 6.07) is 17.0. The van der Waals surface area contributed by atoms with Gasteiger partial charge in [0, 0.05) is 31.6 Å². The maximum atomic E-state index is 6.41. The fourth-order valence-electron chi connectivity index (χ4n) is 3.50. The van der Waals surface area contributed by atoms with Gasteiger partial charge < -0.3 is 15.2 Å². The quantitative estimate of drug-likeness (QED) is 0.797. The number of nitrogens with two attached hydrogens (primary N) is 1. The van der Waals surface area contributed by atoms with E-state index in [1.807, 2.05) is 6.07 Å². The predicted molar refractivity (Wildman–Crippen MR) is 108 cm³/mol. The highest BCUT2D eigenvalue weighted by Crippen LogP contribution is 2.31. The first kappa shape index (κ1) is 20.6. The van der Waals surface area contributed by atoms with E-state index >= 15 is 0 Å². The van der Waals surface area contributed by atoms with E-state index in [4.69, 9.17) is 15.2 Å². The lowest BCUT2D eigenvalue weighted by atomic mass is 9.95. The number of likely N-dealkylation sites (tertiary alicyclic amines) is 1. The average molecular weight is 377 g/mol. The zero-order chi connectivity index (χ0) is 17.6. The molecule has 0 bridgehead atoms. The van der Waals surface area contributed by atoms with Gasteiger partial charge in [-0.05, 0) is 29.7 Å². The summed E-state index contributed by atoms with van der Waals surface area (Å²) in [5.74, 6) is 2.01. The third kappa shape index (κ3) is 4.91. The van der Waals surface area contributed by atoms with Crippen molar-refractivity contribution in [1.82, 2.24) is 4.90 Å². The Balaban J connectivity index is 0.00000243. The summed E-state index contributed by atoms with van der Waals surface area (Å²) in [5, 5.41) is 0. The molecule has 1 fully saturated rings. The number of nitrogens with zero attached hydrogens (tertiary/aromatic N) is 1. The molecule has 0 amide bonds. The van der Waals surface area contributed by atoms with E-state index in [1.54, 1.807) is 7.11 Å². The first-order valence-corrected chi connectivity index (χ1v) is 9.04. The molecule has 0 radical (unpaired) electrons. The second-order valence-corrected chi connectivity index (χ2v) is 6.71. The smallest absolute Gasteiger partial charge is 0.161 e. The van der Waals surface area contributed by atoms with Crippen molar-refractivity contribution in [2.45, 2.75) is 31.8 Å². The van der Waals surface area contributed by atoms with Gasteiger partial charge in [0.2, 0.25) is 0 Å². The van der Waals surface area contributed by atoms with Gasteiger partial charge in [-0.1, -0.05) is 43.3 Å². The Kier molecular flexibility index (Phi) is 7.76. The van der Waals surface area contributed by atoms with Crippen LogP contribution in [0.3, 0.4) is 0 Å². The standard InChI is InChI=1S/C21H28N2O2.ClH/c1-3-11-25-21-12-16(9-10-20(21)24-2)13-23-14-18(19(22)15-23)17-7-5-4-6-8-17;/h4-10,12,18-19H,3,11,13-15,22H2,1-2H3;1H/t18-,19+;/m0./s1. The van der Waals surface area contributed by atoms with Crippen LogP contribution in [-0.4, -0.2) is 37.7 Å². The number of methoxy groups -OCH3 is 1.